The molecular weight excluding hydrogens is 560 g/mol. The summed E-state index contributed by atoms with van der Waals surface area (Å²) in [7, 11) is 0. The number of rotatable bonds is 9. The number of amides is 2. The Labute approximate surface area is 248 Å². The predicted molar refractivity (Wildman–Crippen MR) is 162 cm³/mol. The highest BCUT2D eigenvalue weighted by molar-refractivity contribution is 7.14. The van der Waals surface area contributed by atoms with Gasteiger partial charge in [0.25, 0.3) is 5.91 Å². The first-order valence-corrected chi connectivity index (χ1v) is 14.3. The van der Waals surface area contributed by atoms with Crippen molar-refractivity contribution < 1.29 is 19.8 Å². The fourth-order valence-corrected chi connectivity index (χ4v) is 5.09. The first-order chi connectivity index (χ1) is 19.4. The number of aliphatic hydroxyl groups is 2. The summed E-state index contributed by atoms with van der Waals surface area (Å²) in [4.78, 5) is 36.7. The summed E-state index contributed by atoms with van der Waals surface area (Å²) >= 11 is 7.36. The number of nitrogens with one attached hydrogen (secondary N) is 2. The molecule has 2 aromatic heterocycles. The molecule has 2 amide bonds. The minimum Gasteiger partial charge on any atom is -0.366 e. The molecule has 0 aliphatic carbocycles. The van der Waals surface area contributed by atoms with E-state index in [2.05, 4.69) is 41.4 Å². The number of halogens is 1. The smallest absolute Gasteiger partial charge is 0.262 e. The van der Waals surface area contributed by atoms with Gasteiger partial charge in [0.2, 0.25) is 5.91 Å². The van der Waals surface area contributed by atoms with Crippen LogP contribution in [0.1, 0.15) is 47.8 Å². The molecule has 8 nitrogen and oxygen atoms in total. The van der Waals surface area contributed by atoms with Gasteiger partial charge in [-0.05, 0) is 47.7 Å². The van der Waals surface area contributed by atoms with Crippen LogP contribution in [-0.4, -0.2) is 50.4 Å². The average molecular weight is 593 g/mol. The minimum absolute atomic E-state index is 0.103. The molecule has 4 aromatic rings. The molecular formula is C31H33ClN4O4S. The van der Waals surface area contributed by atoms with E-state index in [1.54, 1.807) is 18.5 Å². The Morgan fingerprint density at radius 2 is 1.49 bits per heavy atom. The van der Waals surface area contributed by atoms with Gasteiger partial charge in [-0.1, -0.05) is 68.8 Å². The highest BCUT2D eigenvalue weighted by Crippen LogP contribution is 2.29. The molecule has 0 saturated carbocycles. The second-order valence-electron chi connectivity index (χ2n) is 10.9. The molecule has 0 spiro atoms. The summed E-state index contributed by atoms with van der Waals surface area (Å²) in [5, 5.41) is 25.0. The summed E-state index contributed by atoms with van der Waals surface area (Å²) in [6, 6.07) is 16.7. The van der Waals surface area contributed by atoms with E-state index >= 15 is 0 Å². The lowest BCUT2D eigenvalue weighted by Crippen LogP contribution is -2.52. The number of aromatic nitrogens is 2. The van der Waals surface area contributed by atoms with Crippen LogP contribution in [0.2, 0.25) is 5.02 Å². The molecule has 2 aromatic carbocycles. The van der Waals surface area contributed by atoms with Crippen molar-refractivity contribution in [3.8, 4) is 22.5 Å². The van der Waals surface area contributed by atoms with Crippen molar-refractivity contribution in [2.75, 3.05) is 0 Å². The van der Waals surface area contributed by atoms with Crippen LogP contribution >= 0.6 is 22.9 Å². The quantitative estimate of drug-likeness (QED) is 0.203. The van der Waals surface area contributed by atoms with Crippen LogP contribution in [0.3, 0.4) is 0 Å². The van der Waals surface area contributed by atoms with Crippen LogP contribution in [0.5, 0.6) is 0 Å². The predicted octanol–water partition coefficient (Wildman–Crippen LogP) is 4.98. The van der Waals surface area contributed by atoms with Crippen LogP contribution in [0.25, 0.3) is 22.5 Å². The minimum atomic E-state index is -1.73. The van der Waals surface area contributed by atoms with Gasteiger partial charge in [-0.25, -0.2) is 9.97 Å². The lowest BCUT2D eigenvalue weighted by molar-refractivity contribution is -0.128. The van der Waals surface area contributed by atoms with E-state index in [-0.39, 0.29) is 17.7 Å². The molecule has 0 bridgehead atoms. The summed E-state index contributed by atoms with van der Waals surface area (Å²) < 4.78 is 0. The average Bonchev–Trinajstić information content (AvgIpc) is 3.45. The fourth-order valence-electron chi connectivity index (χ4n) is 4.00. The van der Waals surface area contributed by atoms with Gasteiger partial charge in [0, 0.05) is 39.8 Å². The van der Waals surface area contributed by atoms with Crippen molar-refractivity contribution in [3.05, 3.63) is 93.4 Å². The number of carbonyl (C=O) groups excluding carboxylic acids is 2. The Morgan fingerprint density at radius 1 is 0.878 bits per heavy atom. The Bertz CT molecular complexity index is 1480. The van der Waals surface area contributed by atoms with Crippen molar-refractivity contribution in [2.45, 2.75) is 57.9 Å². The standard InChI is InChI=1S/C31H33ClN4O4S/c1-18(30(39)40)35-28(37)24(36-29(38)25-13-14-26(41-25)31(2,3)4)15-19-5-7-21(8-6-19)27-33-16-22(17-34-27)20-9-11-23(32)12-10-20/h5-14,16-18,24,30,39-40H,15H2,1-4H3,(H,35,37)(H,36,38)/t18-,24+/m1/s1. The molecule has 4 rings (SSSR count). The summed E-state index contributed by atoms with van der Waals surface area (Å²) in [5.41, 5.74) is 3.32. The third kappa shape index (κ3) is 7.98. The maximum atomic E-state index is 13.1. The van der Waals surface area contributed by atoms with Crippen LogP contribution in [0.4, 0.5) is 0 Å². The van der Waals surface area contributed by atoms with Gasteiger partial charge < -0.3 is 20.8 Å². The zero-order chi connectivity index (χ0) is 29.7. The third-order valence-electron chi connectivity index (χ3n) is 6.49. The van der Waals surface area contributed by atoms with Crippen LogP contribution < -0.4 is 10.6 Å². The van der Waals surface area contributed by atoms with E-state index in [0.717, 1.165) is 27.1 Å². The number of nitrogens with zero attached hydrogens (tertiary/aromatic N) is 2. The topological polar surface area (TPSA) is 124 Å². The molecule has 0 fully saturated rings. The monoisotopic (exact) mass is 592 g/mol. The zero-order valence-electron chi connectivity index (χ0n) is 23.3. The second kappa shape index (κ2) is 12.9. The maximum absolute atomic E-state index is 13.1. The molecule has 0 unspecified atom stereocenters. The molecule has 41 heavy (non-hydrogen) atoms. The maximum Gasteiger partial charge on any atom is 0.262 e. The lowest BCUT2D eigenvalue weighted by Gasteiger charge is -2.22. The van der Waals surface area contributed by atoms with E-state index in [0.29, 0.717) is 15.7 Å². The number of thiophene rings is 1. The summed E-state index contributed by atoms with van der Waals surface area (Å²) in [6.07, 6.45) is 1.97. The highest BCUT2D eigenvalue weighted by atomic mass is 35.5. The second-order valence-corrected chi connectivity index (χ2v) is 12.4. The van der Waals surface area contributed by atoms with E-state index in [1.165, 1.54) is 18.3 Å². The molecule has 0 aliphatic heterocycles. The lowest BCUT2D eigenvalue weighted by atomic mass is 9.95. The molecule has 4 N–H and O–H groups in total. The van der Waals surface area contributed by atoms with Gasteiger partial charge >= 0.3 is 0 Å². The third-order valence-corrected chi connectivity index (χ3v) is 8.25. The Balaban J connectivity index is 1.49. The van der Waals surface area contributed by atoms with E-state index < -0.39 is 24.3 Å². The molecule has 0 aliphatic rings. The van der Waals surface area contributed by atoms with Crippen molar-refractivity contribution in [2.24, 2.45) is 0 Å². The van der Waals surface area contributed by atoms with E-state index in [9.17, 15) is 19.8 Å². The van der Waals surface area contributed by atoms with Crippen LogP contribution in [0.15, 0.2) is 73.1 Å². The van der Waals surface area contributed by atoms with Gasteiger partial charge in [-0.3, -0.25) is 9.59 Å². The number of carbonyl (C=O) groups is 2. The molecule has 0 radical (unpaired) electrons. The van der Waals surface area contributed by atoms with Crippen LogP contribution in [-0.2, 0) is 16.6 Å². The normalized spacial score (nSPS) is 13.1. The highest BCUT2D eigenvalue weighted by Gasteiger charge is 2.26. The number of hydrogen-bond donors (Lipinski definition) is 4. The molecule has 2 heterocycles. The molecule has 0 saturated heterocycles. The van der Waals surface area contributed by atoms with E-state index in [4.69, 9.17) is 11.6 Å². The Morgan fingerprint density at radius 3 is 2.05 bits per heavy atom. The number of benzene rings is 2. The molecule has 2 atom stereocenters. The van der Waals surface area contributed by atoms with Crippen molar-refractivity contribution in [1.29, 1.82) is 0 Å². The van der Waals surface area contributed by atoms with Crippen molar-refractivity contribution >= 4 is 34.8 Å². The number of hydrogen-bond acceptors (Lipinski definition) is 7. The molecule has 10 heteroatoms. The Kier molecular flexibility index (Phi) is 9.55. The van der Waals surface area contributed by atoms with Gasteiger partial charge in [-0.2, -0.15) is 0 Å². The first kappa shape index (κ1) is 30.3. The van der Waals surface area contributed by atoms with Gasteiger partial charge in [0.15, 0.2) is 12.1 Å². The SMILES string of the molecule is C[C@@H](NC(=O)[C@H](Cc1ccc(-c2ncc(-c3ccc(Cl)cc3)cn2)cc1)NC(=O)c1ccc(C(C)(C)C)s1)C(O)O. The summed E-state index contributed by atoms with van der Waals surface area (Å²) in [6.45, 7) is 7.69. The van der Waals surface area contributed by atoms with Gasteiger partial charge in [-0.15, -0.1) is 11.3 Å². The zero-order valence-corrected chi connectivity index (χ0v) is 24.8. The van der Waals surface area contributed by atoms with Gasteiger partial charge in [0.05, 0.1) is 10.9 Å². The van der Waals surface area contributed by atoms with E-state index in [1.807, 2.05) is 54.6 Å². The first-order valence-electron chi connectivity index (χ1n) is 13.2. The van der Waals surface area contributed by atoms with Crippen molar-refractivity contribution in [3.63, 3.8) is 0 Å². The largest absolute Gasteiger partial charge is 0.366 e. The van der Waals surface area contributed by atoms with Crippen LogP contribution in [0, 0.1) is 0 Å². The summed E-state index contributed by atoms with van der Waals surface area (Å²) in [5.74, 6) is -0.333. The van der Waals surface area contributed by atoms with Gasteiger partial charge in [0.1, 0.15) is 6.04 Å². The molecule has 214 valence electrons. The fraction of sp³-hybridized carbons (Fsp3) is 0.290. The van der Waals surface area contributed by atoms with Crippen molar-refractivity contribution in [1.82, 2.24) is 20.6 Å². The number of aliphatic hydroxyl groups excluding tert-OH is 1. The Hall–Kier alpha value is -3.63.